The van der Waals surface area contributed by atoms with Crippen LogP contribution in [0.25, 0.3) is 0 Å². The number of nitrogens with one attached hydrogen (secondary N) is 2. The molecule has 12 heteroatoms. The number of urea groups is 1. The van der Waals surface area contributed by atoms with Gasteiger partial charge in [-0.15, -0.1) is 11.3 Å². The summed E-state index contributed by atoms with van der Waals surface area (Å²) in [7, 11) is -3.46. The lowest BCUT2D eigenvalue weighted by Gasteiger charge is -2.33. The first-order valence-electron chi connectivity index (χ1n) is 10.5. The van der Waals surface area contributed by atoms with Gasteiger partial charge in [-0.3, -0.25) is 15.0 Å². The van der Waals surface area contributed by atoms with E-state index in [1.807, 2.05) is 4.90 Å². The Hall–Kier alpha value is -2.02. The van der Waals surface area contributed by atoms with Crippen molar-refractivity contribution in [3.63, 3.8) is 0 Å². The number of nitrogens with zero attached hydrogens (tertiary/aromatic N) is 3. The Bertz CT molecular complexity index is 935. The molecule has 0 radical (unpaired) electrons. The number of carbonyl (C=O) groups is 3. The van der Waals surface area contributed by atoms with E-state index in [1.54, 1.807) is 17.5 Å². The summed E-state index contributed by atoms with van der Waals surface area (Å²) in [6.45, 7) is 2.18. The van der Waals surface area contributed by atoms with Crippen LogP contribution in [0.2, 0.25) is 0 Å². The Labute approximate surface area is 185 Å². The Morgan fingerprint density at radius 1 is 1.13 bits per heavy atom. The predicted octanol–water partition coefficient (Wildman–Crippen LogP) is 0.730. The van der Waals surface area contributed by atoms with Crippen molar-refractivity contribution in [3.05, 3.63) is 17.5 Å². The second-order valence-corrected chi connectivity index (χ2v) is 11.3. The summed E-state index contributed by atoms with van der Waals surface area (Å²) in [5.74, 6) is -0.789. The average molecular weight is 470 g/mol. The van der Waals surface area contributed by atoms with Crippen molar-refractivity contribution >= 4 is 39.2 Å². The third-order valence-corrected chi connectivity index (χ3v) is 9.45. The van der Waals surface area contributed by atoms with Gasteiger partial charge in [-0.2, -0.15) is 9.31 Å². The number of thiophene rings is 1. The molecule has 0 atom stereocenters. The van der Waals surface area contributed by atoms with E-state index in [1.165, 1.54) is 15.6 Å². The zero-order valence-electron chi connectivity index (χ0n) is 17.2. The minimum atomic E-state index is -3.46. The monoisotopic (exact) mass is 469 g/mol. The van der Waals surface area contributed by atoms with Gasteiger partial charge < -0.3 is 10.2 Å². The number of carbonyl (C=O) groups excluding carboxylic acids is 3. The fourth-order valence-electron chi connectivity index (χ4n) is 4.39. The molecule has 0 aromatic carbocycles. The Balaban J connectivity index is 1.24. The molecule has 3 aliphatic rings. The minimum absolute atomic E-state index is 0.113. The fraction of sp³-hybridized carbons (Fsp3) is 0.632. The summed E-state index contributed by atoms with van der Waals surface area (Å²) in [6.07, 6.45) is 4.11. The van der Waals surface area contributed by atoms with Crippen LogP contribution in [0.15, 0.2) is 21.7 Å². The highest BCUT2D eigenvalue weighted by molar-refractivity contribution is 7.91. The van der Waals surface area contributed by atoms with Crippen LogP contribution in [0, 0.1) is 0 Å². The summed E-state index contributed by atoms with van der Waals surface area (Å²) in [5, 5.41) is 5.32. The molecular formula is C19H27N5O5S2. The largest absolute Gasteiger partial charge is 0.344 e. The minimum Gasteiger partial charge on any atom is -0.322 e. The molecule has 1 aromatic rings. The van der Waals surface area contributed by atoms with Gasteiger partial charge in [0.25, 0.3) is 15.9 Å². The van der Waals surface area contributed by atoms with Crippen molar-refractivity contribution in [2.45, 2.75) is 48.3 Å². The molecule has 1 saturated carbocycles. The van der Waals surface area contributed by atoms with E-state index in [0.29, 0.717) is 49.8 Å². The Morgan fingerprint density at radius 2 is 1.84 bits per heavy atom. The maximum Gasteiger partial charge on any atom is 0.344 e. The van der Waals surface area contributed by atoms with Gasteiger partial charge in [0.05, 0.1) is 0 Å². The van der Waals surface area contributed by atoms with Crippen LogP contribution in [0.5, 0.6) is 0 Å². The van der Waals surface area contributed by atoms with Crippen LogP contribution in [0.3, 0.4) is 0 Å². The molecule has 1 aliphatic carbocycles. The molecular weight excluding hydrogens is 442 g/mol. The lowest BCUT2D eigenvalue weighted by atomic mass is 9.82. The van der Waals surface area contributed by atoms with E-state index in [9.17, 15) is 22.8 Å². The number of amides is 4. The van der Waals surface area contributed by atoms with Gasteiger partial charge in [0.2, 0.25) is 5.91 Å². The van der Waals surface area contributed by atoms with Crippen LogP contribution in [-0.4, -0.2) is 78.7 Å². The average Bonchev–Trinajstić information content (AvgIpc) is 3.38. The van der Waals surface area contributed by atoms with Crippen molar-refractivity contribution in [1.82, 2.24) is 25.0 Å². The van der Waals surface area contributed by atoms with Crippen LogP contribution >= 0.6 is 11.3 Å². The first kappa shape index (κ1) is 22.2. The normalized spacial score (nSPS) is 22.6. The summed E-state index contributed by atoms with van der Waals surface area (Å²) in [4.78, 5) is 39.3. The topological polar surface area (TPSA) is 119 Å². The van der Waals surface area contributed by atoms with Gasteiger partial charge in [-0.1, -0.05) is 25.3 Å². The molecule has 1 spiro atoms. The number of sulfonamides is 1. The van der Waals surface area contributed by atoms with E-state index in [2.05, 4.69) is 10.7 Å². The standard InChI is InChI=1S/C19H27N5O5S2/c25-15(21-24-17(26)19(20-18(24)27)7-2-1-3-8-19)6-9-22-10-12-23(13-11-22)31(28,29)16-5-4-14-30-16/h4-5,14H,1-3,6-13H2,(H,20,27)(H,21,25). The molecule has 3 fully saturated rings. The molecule has 1 aromatic heterocycles. The molecule has 2 N–H and O–H groups in total. The molecule has 4 amide bonds. The van der Waals surface area contributed by atoms with E-state index in [4.69, 9.17) is 0 Å². The van der Waals surface area contributed by atoms with Crippen molar-refractivity contribution in [3.8, 4) is 0 Å². The number of rotatable bonds is 6. The third-order valence-electron chi connectivity index (χ3n) is 6.18. The van der Waals surface area contributed by atoms with E-state index >= 15 is 0 Å². The zero-order valence-corrected chi connectivity index (χ0v) is 18.8. The number of hydrogen-bond acceptors (Lipinski definition) is 7. The number of piperazine rings is 1. The van der Waals surface area contributed by atoms with E-state index in [-0.39, 0.29) is 12.3 Å². The first-order chi connectivity index (χ1) is 14.8. The van der Waals surface area contributed by atoms with Crippen molar-refractivity contribution in [2.75, 3.05) is 32.7 Å². The summed E-state index contributed by atoms with van der Waals surface area (Å²) >= 11 is 1.20. The lowest BCUT2D eigenvalue weighted by molar-refractivity contribution is -0.140. The van der Waals surface area contributed by atoms with Gasteiger partial charge in [-0.25, -0.2) is 13.2 Å². The van der Waals surface area contributed by atoms with Gasteiger partial charge in [0.1, 0.15) is 9.75 Å². The van der Waals surface area contributed by atoms with E-state index < -0.39 is 27.5 Å². The van der Waals surface area contributed by atoms with Crippen LogP contribution in [0.1, 0.15) is 38.5 Å². The van der Waals surface area contributed by atoms with Gasteiger partial charge >= 0.3 is 6.03 Å². The highest BCUT2D eigenvalue weighted by atomic mass is 32.2. The molecule has 10 nitrogen and oxygen atoms in total. The SMILES string of the molecule is O=C(CCN1CCN(S(=O)(=O)c2cccs2)CC1)NN1C(=O)NC2(CCCCC2)C1=O. The maximum atomic E-state index is 12.7. The molecule has 31 heavy (non-hydrogen) atoms. The molecule has 2 saturated heterocycles. The van der Waals surface area contributed by atoms with Crippen molar-refractivity contribution < 1.29 is 22.8 Å². The van der Waals surface area contributed by atoms with Crippen molar-refractivity contribution in [2.24, 2.45) is 0 Å². The third kappa shape index (κ3) is 4.47. The van der Waals surface area contributed by atoms with Crippen LogP contribution in [0.4, 0.5) is 4.79 Å². The Morgan fingerprint density at radius 3 is 2.48 bits per heavy atom. The highest BCUT2D eigenvalue weighted by Crippen LogP contribution is 2.33. The quantitative estimate of drug-likeness (QED) is 0.593. The van der Waals surface area contributed by atoms with Crippen molar-refractivity contribution in [1.29, 1.82) is 0 Å². The molecule has 2 aliphatic heterocycles. The highest BCUT2D eigenvalue weighted by Gasteiger charge is 2.52. The van der Waals surface area contributed by atoms with Gasteiger partial charge in [-0.05, 0) is 24.3 Å². The second kappa shape index (κ2) is 8.85. The smallest absolute Gasteiger partial charge is 0.322 e. The molecule has 0 unspecified atom stereocenters. The summed E-state index contributed by atoms with van der Waals surface area (Å²) in [6, 6.07) is 2.74. The molecule has 4 rings (SSSR count). The fourth-order valence-corrected chi connectivity index (χ4v) is 6.95. The second-order valence-electron chi connectivity index (χ2n) is 8.18. The lowest BCUT2D eigenvalue weighted by Crippen LogP contribution is -2.52. The molecule has 0 bridgehead atoms. The molecule has 3 heterocycles. The number of hydrazine groups is 1. The Kier molecular flexibility index (Phi) is 6.33. The van der Waals surface area contributed by atoms with Crippen LogP contribution < -0.4 is 10.7 Å². The summed E-state index contributed by atoms with van der Waals surface area (Å²) < 4.78 is 27.0. The summed E-state index contributed by atoms with van der Waals surface area (Å²) in [5.41, 5.74) is 1.57. The van der Waals surface area contributed by atoms with Gasteiger partial charge in [0.15, 0.2) is 0 Å². The van der Waals surface area contributed by atoms with Gasteiger partial charge in [0, 0.05) is 39.1 Å². The maximum absolute atomic E-state index is 12.7. The molecule has 170 valence electrons. The van der Waals surface area contributed by atoms with E-state index in [0.717, 1.165) is 24.3 Å². The number of hydrogen-bond donors (Lipinski definition) is 2. The predicted molar refractivity (Wildman–Crippen MR) is 113 cm³/mol. The zero-order chi connectivity index (χ0) is 22.1. The van der Waals surface area contributed by atoms with Crippen LogP contribution in [-0.2, 0) is 19.6 Å². The number of imide groups is 1. The first-order valence-corrected chi connectivity index (χ1v) is 12.9.